The second-order valence-electron chi connectivity index (χ2n) is 8.94. The largest absolute Gasteiger partial charge is 0.349 e. The first-order valence-corrected chi connectivity index (χ1v) is 12.6. The third-order valence-corrected chi connectivity index (χ3v) is 8.04. The van der Waals surface area contributed by atoms with Gasteiger partial charge in [0.05, 0.1) is 10.9 Å². The molecule has 0 aliphatic heterocycles. The molecule has 5 nitrogen and oxygen atoms in total. The number of sulfonamides is 1. The molecule has 1 aliphatic rings. The first-order chi connectivity index (χ1) is 14.7. The van der Waals surface area contributed by atoms with Gasteiger partial charge in [-0.1, -0.05) is 48.0 Å². The minimum absolute atomic E-state index is 0.000562. The number of carbonyl (C=O) groups excluding carboxylic acids is 1. The molecule has 1 amide bonds. The SMILES string of the molecule is Cc1cc(C)c(S(=O)(=O)NCC2CCC(C(=O)NC(C)c3ccccc3)CC2)c(C)c1. The van der Waals surface area contributed by atoms with Crippen LogP contribution in [0.15, 0.2) is 47.4 Å². The highest BCUT2D eigenvalue weighted by molar-refractivity contribution is 7.89. The number of carbonyl (C=O) groups is 1. The fraction of sp³-hybridized carbons (Fsp3) is 0.480. The van der Waals surface area contributed by atoms with Gasteiger partial charge >= 0.3 is 0 Å². The van der Waals surface area contributed by atoms with E-state index < -0.39 is 10.0 Å². The van der Waals surface area contributed by atoms with Crippen LogP contribution in [0.25, 0.3) is 0 Å². The van der Waals surface area contributed by atoms with Crippen LogP contribution in [0.2, 0.25) is 0 Å². The van der Waals surface area contributed by atoms with Crippen molar-refractivity contribution in [1.82, 2.24) is 10.0 Å². The Morgan fingerprint density at radius 1 is 1.00 bits per heavy atom. The number of benzene rings is 2. The van der Waals surface area contributed by atoms with Crippen LogP contribution in [0.5, 0.6) is 0 Å². The molecule has 0 radical (unpaired) electrons. The van der Waals surface area contributed by atoms with Crippen molar-refractivity contribution in [2.45, 2.75) is 64.3 Å². The number of aryl methyl sites for hydroxylation is 3. The maximum absolute atomic E-state index is 12.9. The molecule has 0 spiro atoms. The summed E-state index contributed by atoms with van der Waals surface area (Å²) in [4.78, 5) is 13.1. The van der Waals surface area contributed by atoms with Crippen LogP contribution in [-0.2, 0) is 14.8 Å². The normalized spacial score (nSPS) is 20.3. The van der Waals surface area contributed by atoms with E-state index in [0.29, 0.717) is 11.4 Å². The van der Waals surface area contributed by atoms with Crippen molar-refractivity contribution in [3.63, 3.8) is 0 Å². The van der Waals surface area contributed by atoms with Gasteiger partial charge in [-0.2, -0.15) is 0 Å². The molecular weight excluding hydrogens is 408 g/mol. The predicted molar refractivity (Wildman–Crippen MR) is 124 cm³/mol. The minimum atomic E-state index is -3.54. The summed E-state index contributed by atoms with van der Waals surface area (Å²) >= 11 is 0. The Balaban J connectivity index is 1.51. The van der Waals surface area contributed by atoms with Gasteiger partial charge in [0.15, 0.2) is 0 Å². The summed E-state index contributed by atoms with van der Waals surface area (Å²) in [6.07, 6.45) is 3.29. The van der Waals surface area contributed by atoms with E-state index in [4.69, 9.17) is 0 Å². The molecule has 3 rings (SSSR count). The molecule has 0 bridgehead atoms. The lowest BCUT2D eigenvalue weighted by Gasteiger charge is -2.29. The summed E-state index contributed by atoms with van der Waals surface area (Å²) in [5.41, 5.74) is 3.71. The van der Waals surface area contributed by atoms with Crippen molar-refractivity contribution in [3.8, 4) is 0 Å². The Kier molecular flexibility index (Phi) is 7.55. The highest BCUT2D eigenvalue weighted by atomic mass is 32.2. The monoisotopic (exact) mass is 442 g/mol. The number of hydrogen-bond donors (Lipinski definition) is 2. The molecule has 0 heterocycles. The van der Waals surface area contributed by atoms with Gasteiger partial charge in [0.2, 0.25) is 15.9 Å². The van der Waals surface area contributed by atoms with Gasteiger partial charge in [-0.3, -0.25) is 4.79 Å². The zero-order valence-electron chi connectivity index (χ0n) is 18.9. The van der Waals surface area contributed by atoms with Gasteiger partial charge in [-0.25, -0.2) is 13.1 Å². The molecule has 1 unspecified atom stereocenters. The third kappa shape index (κ3) is 5.95. The molecule has 6 heteroatoms. The molecule has 0 saturated heterocycles. The van der Waals surface area contributed by atoms with Crippen LogP contribution in [0.1, 0.15) is 60.9 Å². The van der Waals surface area contributed by atoms with E-state index in [9.17, 15) is 13.2 Å². The van der Waals surface area contributed by atoms with E-state index in [-0.39, 0.29) is 23.8 Å². The van der Waals surface area contributed by atoms with E-state index in [1.165, 1.54) is 0 Å². The minimum Gasteiger partial charge on any atom is -0.349 e. The smallest absolute Gasteiger partial charge is 0.241 e. The average Bonchev–Trinajstić information content (AvgIpc) is 2.72. The van der Waals surface area contributed by atoms with Crippen molar-refractivity contribution < 1.29 is 13.2 Å². The number of hydrogen-bond acceptors (Lipinski definition) is 3. The third-order valence-electron chi connectivity index (χ3n) is 6.31. The van der Waals surface area contributed by atoms with Crippen LogP contribution in [-0.4, -0.2) is 20.9 Å². The summed E-state index contributed by atoms with van der Waals surface area (Å²) in [6, 6.07) is 13.8. The summed E-state index contributed by atoms with van der Waals surface area (Å²) in [6.45, 7) is 8.08. The first-order valence-electron chi connectivity index (χ1n) is 11.1. The number of nitrogens with one attached hydrogen (secondary N) is 2. The van der Waals surface area contributed by atoms with Gasteiger partial charge in [0, 0.05) is 12.5 Å². The van der Waals surface area contributed by atoms with Crippen LogP contribution >= 0.6 is 0 Å². The van der Waals surface area contributed by atoms with Gasteiger partial charge in [0.1, 0.15) is 0 Å². The van der Waals surface area contributed by atoms with E-state index in [0.717, 1.165) is 47.9 Å². The van der Waals surface area contributed by atoms with Gasteiger partial charge in [-0.15, -0.1) is 0 Å². The van der Waals surface area contributed by atoms with Crippen molar-refractivity contribution >= 4 is 15.9 Å². The summed E-state index contributed by atoms with van der Waals surface area (Å²) < 4.78 is 28.6. The second kappa shape index (κ2) is 9.96. The number of amides is 1. The molecule has 1 aliphatic carbocycles. The molecule has 0 aromatic heterocycles. The van der Waals surface area contributed by atoms with E-state index in [1.807, 2.05) is 70.2 Å². The molecule has 1 atom stereocenters. The average molecular weight is 443 g/mol. The summed E-state index contributed by atoms with van der Waals surface area (Å²) in [5, 5.41) is 3.13. The quantitative estimate of drug-likeness (QED) is 0.659. The summed E-state index contributed by atoms with van der Waals surface area (Å²) in [7, 11) is -3.54. The van der Waals surface area contributed by atoms with Gasteiger partial charge in [0.25, 0.3) is 0 Å². The molecule has 31 heavy (non-hydrogen) atoms. The lowest BCUT2D eigenvalue weighted by Crippen LogP contribution is -2.37. The predicted octanol–water partition coefficient (Wildman–Crippen LogP) is 4.57. The fourth-order valence-electron chi connectivity index (χ4n) is 4.68. The fourth-order valence-corrected chi connectivity index (χ4v) is 6.24. The van der Waals surface area contributed by atoms with Crippen LogP contribution in [0, 0.1) is 32.6 Å². The lowest BCUT2D eigenvalue weighted by molar-refractivity contribution is -0.126. The van der Waals surface area contributed by atoms with Crippen molar-refractivity contribution in [3.05, 3.63) is 64.7 Å². The van der Waals surface area contributed by atoms with Crippen molar-refractivity contribution in [2.75, 3.05) is 6.54 Å². The van der Waals surface area contributed by atoms with E-state index in [2.05, 4.69) is 10.0 Å². The van der Waals surface area contributed by atoms with E-state index >= 15 is 0 Å². The lowest BCUT2D eigenvalue weighted by atomic mass is 9.81. The Hall–Kier alpha value is -2.18. The van der Waals surface area contributed by atoms with Crippen LogP contribution < -0.4 is 10.0 Å². The Morgan fingerprint density at radius 3 is 2.16 bits per heavy atom. The second-order valence-corrected chi connectivity index (χ2v) is 10.6. The van der Waals surface area contributed by atoms with Crippen molar-refractivity contribution in [2.24, 2.45) is 11.8 Å². The van der Waals surface area contributed by atoms with Gasteiger partial charge in [-0.05, 0) is 76.0 Å². The zero-order valence-corrected chi connectivity index (χ0v) is 19.8. The Bertz CT molecular complexity index is 987. The molecule has 2 aromatic rings. The highest BCUT2D eigenvalue weighted by Gasteiger charge is 2.28. The molecular formula is C25H34N2O3S. The molecule has 2 aromatic carbocycles. The highest BCUT2D eigenvalue weighted by Crippen LogP contribution is 2.30. The maximum atomic E-state index is 12.9. The standard InChI is InChI=1S/C25H34N2O3S/c1-17-14-18(2)24(19(3)15-17)31(29,30)26-16-21-10-12-23(13-11-21)25(28)27-20(4)22-8-6-5-7-9-22/h5-9,14-15,20-21,23,26H,10-13,16H2,1-4H3,(H,27,28). The summed E-state index contributed by atoms with van der Waals surface area (Å²) in [5.74, 6) is 0.360. The van der Waals surface area contributed by atoms with Crippen LogP contribution in [0.3, 0.4) is 0 Å². The molecule has 2 N–H and O–H groups in total. The topological polar surface area (TPSA) is 75.3 Å². The maximum Gasteiger partial charge on any atom is 0.241 e. The molecule has 1 fully saturated rings. The first kappa shape index (κ1) is 23.5. The molecule has 168 valence electrons. The van der Waals surface area contributed by atoms with Gasteiger partial charge < -0.3 is 5.32 Å². The Labute approximate surface area is 186 Å². The number of rotatable bonds is 7. The zero-order chi connectivity index (χ0) is 22.6. The Morgan fingerprint density at radius 2 is 1.58 bits per heavy atom. The molecule has 1 saturated carbocycles. The van der Waals surface area contributed by atoms with Crippen LogP contribution in [0.4, 0.5) is 0 Å². The van der Waals surface area contributed by atoms with E-state index in [1.54, 1.807) is 0 Å². The van der Waals surface area contributed by atoms with Crippen molar-refractivity contribution in [1.29, 1.82) is 0 Å².